The van der Waals surface area contributed by atoms with Crippen molar-refractivity contribution in [1.82, 2.24) is 0 Å². The lowest BCUT2D eigenvalue weighted by Gasteiger charge is -2.22. The highest BCUT2D eigenvalue weighted by Crippen LogP contribution is 2.25. The molecule has 0 aliphatic heterocycles. The summed E-state index contributed by atoms with van der Waals surface area (Å²) in [5.74, 6) is 0.898. The second-order valence-corrected chi connectivity index (χ2v) is 7.70. The smallest absolute Gasteiger partial charge is 0.336 e. The standard InChI is InChI=1S/C22H25ClN2O3/c1-14-9-21-17(11-18(14)23)15(10-22(26)28-21)12-24-13-19(25(2)3)16-7-5-6-8-20(16)27-4/h5-11,19,24H,12-13H2,1-4H3/p+2/t19-/m0/s1. The molecule has 2 aromatic carbocycles. The summed E-state index contributed by atoms with van der Waals surface area (Å²) >= 11 is 6.29. The van der Waals surface area contributed by atoms with Gasteiger partial charge in [-0.3, -0.25) is 0 Å². The SMILES string of the molecule is COc1ccccc1[C@H](C[NH2+]Cc1cc(=O)oc2cc(C)c(Cl)cc12)[NH+](C)C. The van der Waals surface area contributed by atoms with E-state index in [9.17, 15) is 4.79 Å². The number of quaternary nitrogens is 2. The van der Waals surface area contributed by atoms with Crippen LogP contribution in [0.5, 0.6) is 5.75 Å². The van der Waals surface area contributed by atoms with Crippen molar-refractivity contribution >= 4 is 22.6 Å². The topological polar surface area (TPSA) is 60.5 Å². The van der Waals surface area contributed by atoms with Gasteiger partial charge in [0.1, 0.15) is 24.4 Å². The Balaban J connectivity index is 1.83. The number of fused-ring (bicyclic) bond motifs is 1. The molecule has 0 fully saturated rings. The van der Waals surface area contributed by atoms with E-state index in [1.54, 1.807) is 13.2 Å². The van der Waals surface area contributed by atoms with Crippen molar-refractivity contribution in [1.29, 1.82) is 0 Å². The number of para-hydroxylation sites is 1. The quantitative estimate of drug-likeness (QED) is 0.591. The number of benzene rings is 2. The van der Waals surface area contributed by atoms with Gasteiger partial charge < -0.3 is 19.4 Å². The van der Waals surface area contributed by atoms with Gasteiger partial charge >= 0.3 is 5.63 Å². The van der Waals surface area contributed by atoms with Crippen LogP contribution in [0.1, 0.15) is 22.7 Å². The predicted octanol–water partition coefficient (Wildman–Crippen LogP) is 1.71. The van der Waals surface area contributed by atoms with Crippen LogP contribution in [0.2, 0.25) is 5.02 Å². The van der Waals surface area contributed by atoms with E-state index >= 15 is 0 Å². The molecule has 3 aromatic rings. The van der Waals surface area contributed by atoms with Crippen molar-refractivity contribution in [3.8, 4) is 5.75 Å². The lowest BCUT2D eigenvalue weighted by atomic mass is 10.0. The van der Waals surface area contributed by atoms with Crippen molar-refractivity contribution in [3.05, 3.63) is 74.6 Å². The van der Waals surface area contributed by atoms with Crippen LogP contribution in [0.3, 0.4) is 0 Å². The van der Waals surface area contributed by atoms with Gasteiger partial charge in [0, 0.05) is 22.0 Å². The molecule has 0 spiro atoms. The Hall–Kier alpha value is -2.34. The Kier molecular flexibility index (Phi) is 6.39. The van der Waals surface area contributed by atoms with Crippen LogP contribution in [0.4, 0.5) is 0 Å². The third kappa shape index (κ3) is 4.38. The molecule has 1 atom stereocenters. The number of hydrogen-bond donors (Lipinski definition) is 2. The molecule has 0 saturated heterocycles. The average Bonchev–Trinajstić information content (AvgIpc) is 2.66. The summed E-state index contributed by atoms with van der Waals surface area (Å²) < 4.78 is 10.9. The van der Waals surface area contributed by atoms with Crippen molar-refractivity contribution < 1.29 is 19.4 Å². The van der Waals surface area contributed by atoms with Gasteiger partial charge in [0.25, 0.3) is 0 Å². The lowest BCUT2D eigenvalue weighted by molar-refractivity contribution is -0.910. The molecule has 0 bridgehead atoms. The summed E-state index contributed by atoms with van der Waals surface area (Å²) in [5.41, 5.74) is 3.25. The summed E-state index contributed by atoms with van der Waals surface area (Å²) in [7, 11) is 5.98. The van der Waals surface area contributed by atoms with Crippen molar-refractivity contribution in [2.45, 2.75) is 19.5 Å². The fraction of sp³-hybridized carbons (Fsp3) is 0.318. The van der Waals surface area contributed by atoms with E-state index in [1.165, 1.54) is 10.5 Å². The molecule has 0 saturated carbocycles. The first-order valence-corrected chi connectivity index (χ1v) is 9.76. The fourth-order valence-corrected chi connectivity index (χ4v) is 3.71. The molecule has 1 heterocycles. The van der Waals surface area contributed by atoms with Gasteiger partial charge in [-0.25, -0.2) is 4.79 Å². The molecule has 28 heavy (non-hydrogen) atoms. The number of rotatable bonds is 7. The maximum absolute atomic E-state index is 12.0. The van der Waals surface area contributed by atoms with Gasteiger partial charge in [-0.05, 0) is 36.8 Å². The fourth-order valence-electron chi connectivity index (χ4n) is 3.55. The van der Waals surface area contributed by atoms with Crippen molar-refractivity contribution in [2.24, 2.45) is 0 Å². The first-order chi connectivity index (χ1) is 13.4. The van der Waals surface area contributed by atoms with E-state index in [1.807, 2.05) is 37.3 Å². The summed E-state index contributed by atoms with van der Waals surface area (Å²) in [6.45, 7) is 3.42. The molecule has 148 valence electrons. The molecule has 0 aliphatic rings. The Morgan fingerprint density at radius 2 is 1.96 bits per heavy atom. The number of nitrogens with two attached hydrogens (primary N) is 1. The second-order valence-electron chi connectivity index (χ2n) is 7.29. The van der Waals surface area contributed by atoms with Crippen molar-refractivity contribution in [3.63, 3.8) is 0 Å². The normalized spacial score (nSPS) is 12.5. The number of nitrogens with one attached hydrogen (secondary N) is 1. The largest absolute Gasteiger partial charge is 0.496 e. The minimum Gasteiger partial charge on any atom is -0.496 e. The number of aryl methyl sites for hydroxylation is 1. The van der Waals surface area contributed by atoms with E-state index < -0.39 is 0 Å². The van der Waals surface area contributed by atoms with Gasteiger partial charge in [0.05, 0.1) is 26.8 Å². The molecule has 3 rings (SSSR count). The van der Waals surface area contributed by atoms with Gasteiger partial charge in [-0.1, -0.05) is 23.7 Å². The Labute approximate surface area is 169 Å². The van der Waals surface area contributed by atoms with Crippen LogP contribution in [0.15, 0.2) is 51.7 Å². The molecular weight excluding hydrogens is 376 g/mol. The third-order valence-corrected chi connectivity index (χ3v) is 5.49. The zero-order valence-corrected chi connectivity index (χ0v) is 17.5. The van der Waals surface area contributed by atoms with Gasteiger partial charge in [-0.2, -0.15) is 0 Å². The van der Waals surface area contributed by atoms with Crippen LogP contribution < -0.4 is 20.6 Å². The summed E-state index contributed by atoms with van der Waals surface area (Å²) in [4.78, 5) is 13.3. The van der Waals surface area contributed by atoms with Crippen molar-refractivity contribution in [2.75, 3.05) is 27.7 Å². The third-order valence-electron chi connectivity index (χ3n) is 5.09. The predicted molar refractivity (Wildman–Crippen MR) is 111 cm³/mol. The van der Waals surface area contributed by atoms with E-state index in [0.29, 0.717) is 17.2 Å². The van der Waals surface area contributed by atoms with Crippen LogP contribution in [0, 0.1) is 6.92 Å². The van der Waals surface area contributed by atoms with Gasteiger partial charge in [0.15, 0.2) is 6.04 Å². The number of methoxy groups -OCH3 is 1. The van der Waals surface area contributed by atoms with Crippen LogP contribution in [0.25, 0.3) is 11.0 Å². The monoisotopic (exact) mass is 402 g/mol. The highest BCUT2D eigenvalue weighted by atomic mass is 35.5. The first-order valence-electron chi connectivity index (χ1n) is 9.38. The second kappa shape index (κ2) is 8.78. The van der Waals surface area contributed by atoms with Gasteiger partial charge in [-0.15, -0.1) is 0 Å². The Morgan fingerprint density at radius 1 is 1.21 bits per heavy atom. The zero-order chi connectivity index (χ0) is 20.3. The minimum atomic E-state index is -0.336. The molecular formula is C22H27ClN2O3+2. The Morgan fingerprint density at radius 3 is 2.68 bits per heavy atom. The summed E-state index contributed by atoms with van der Waals surface area (Å²) in [6, 6.07) is 13.6. The number of ether oxygens (including phenoxy) is 1. The molecule has 0 radical (unpaired) electrons. The molecule has 3 N–H and O–H groups in total. The maximum Gasteiger partial charge on any atom is 0.336 e. The van der Waals surface area contributed by atoms with Crippen LogP contribution in [-0.4, -0.2) is 27.7 Å². The summed E-state index contributed by atoms with van der Waals surface area (Å²) in [6.07, 6.45) is 0. The molecule has 1 aromatic heterocycles. The Bertz CT molecular complexity index is 1030. The van der Waals surface area contributed by atoms with Gasteiger partial charge in [0.2, 0.25) is 0 Å². The van der Waals surface area contributed by atoms with E-state index in [4.69, 9.17) is 20.8 Å². The summed E-state index contributed by atoms with van der Waals surface area (Å²) in [5, 5.41) is 3.77. The first kappa shape index (κ1) is 20.4. The highest BCUT2D eigenvalue weighted by molar-refractivity contribution is 6.32. The molecule has 0 aliphatic carbocycles. The van der Waals surface area contributed by atoms with E-state index in [2.05, 4.69) is 25.5 Å². The molecule has 0 unspecified atom stereocenters. The highest BCUT2D eigenvalue weighted by Gasteiger charge is 2.23. The molecule has 6 heteroatoms. The van der Waals surface area contributed by atoms with Crippen LogP contribution in [-0.2, 0) is 6.54 Å². The van der Waals surface area contributed by atoms with Crippen LogP contribution >= 0.6 is 11.6 Å². The zero-order valence-electron chi connectivity index (χ0n) is 16.7. The number of halogens is 1. The maximum atomic E-state index is 12.0. The number of hydrogen-bond acceptors (Lipinski definition) is 3. The molecule has 5 nitrogen and oxygen atoms in total. The van der Waals surface area contributed by atoms with E-state index in [-0.39, 0.29) is 11.7 Å². The number of likely N-dealkylation sites (N-methyl/N-ethyl adjacent to an activating group) is 1. The minimum absolute atomic E-state index is 0.258. The lowest BCUT2D eigenvalue weighted by Crippen LogP contribution is -3.09. The van der Waals surface area contributed by atoms with E-state index in [0.717, 1.165) is 28.8 Å². The molecule has 0 amide bonds. The average molecular weight is 403 g/mol.